The van der Waals surface area contributed by atoms with Gasteiger partial charge in [-0.2, -0.15) is 4.94 Å². The number of nitrogens with zero attached hydrogens (tertiary/aromatic N) is 1. The van der Waals surface area contributed by atoms with E-state index < -0.39 is 0 Å². The SMILES string of the molecule is CONON(C)O. The van der Waals surface area contributed by atoms with Crippen LogP contribution in [0.25, 0.3) is 0 Å². The molecule has 0 bridgehead atoms. The first-order valence-corrected chi connectivity index (χ1v) is 1.65. The van der Waals surface area contributed by atoms with Gasteiger partial charge in [0.2, 0.25) is 0 Å². The molecule has 0 aliphatic rings. The predicted octanol–water partition coefficient (Wildman–Crippen LogP) is -0.695. The molecule has 0 rings (SSSR count). The number of hydrogen-bond acceptors (Lipinski definition) is 5. The Morgan fingerprint density at radius 3 is 2.43 bits per heavy atom. The first-order valence-electron chi connectivity index (χ1n) is 1.65. The first-order chi connectivity index (χ1) is 3.27. The normalized spacial score (nSPS) is 10.3. The highest BCUT2D eigenvalue weighted by molar-refractivity contribution is 3.77. The Bertz CT molecular complexity index is 39.9. The Morgan fingerprint density at radius 2 is 2.29 bits per heavy atom. The predicted molar refractivity (Wildman–Crippen MR) is 20.8 cm³/mol. The molecular formula is C2H8N2O3. The van der Waals surface area contributed by atoms with E-state index in [9.17, 15) is 0 Å². The highest BCUT2D eigenvalue weighted by Crippen LogP contribution is 1.66. The zero-order chi connectivity index (χ0) is 5.70. The minimum Gasteiger partial charge on any atom is -0.288 e. The van der Waals surface area contributed by atoms with Gasteiger partial charge in [-0.3, -0.25) is 10.0 Å². The lowest BCUT2D eigenvalue weighted by molar-refractivity contribution is -0.400. The van der Waals surface area contributed by atoms with Gasteiger partial charge in [-0.25, -0.2) is 0 Å². The number of hydrogen-bond donors (Lipinski definition) is 2. The van der Waals surface area contributed by atoms with Crippen molar-refractivity contribution in [3.05, 3.63) is 0 Å². The fraction of sp³-hybridized carbons (Fsp3) is 1.00. The van der Waals surface area contributed by atoms with Crippen LogP contribution in [0.5, 0.6) is 0 Å². The standard InChI is InChI=1S/C2H8N2O3/c1-4(5)7-3-6-2/h3,5H,1-2H3. The van der Waals surface area contributed by atoms with Gasteiger partial charge in [0.1, 0.15) is 0 Å². The molecule has 0 saturated heterocycles. The molecular weight excluding hydrogens is 100 g/mol. The second-order valence-electron chi connectivity index (χ2n) is 0.843. The molecule has 0 atom stereocenters. The van der Waals surface area contributed by atoms with Crippen LogP contribution >= 0.6 is 0 Å². The fourth-order valence-corrected chi connectivity index (χ4v) is 0.0912. The molecule has 0 aliphatic heterocycles. The van der Waals surface area contributed by atoms with Crippen LogP contribution in [-0.4, -0.2) is 24.6 Å². The van der Waals surface area contributed by atoms with Gasteiger partial charge in [0.25, 0.3) is 0 Å². The Morgan fingerprint density at radius 1 is 1.71 bits per heavy atom. The fourth-order valence-electron chi connectivity index (χ4n) is 0.0912. The van der Waals surface area contributed by atoms with E-state index in [0.717, 1.165) is 0 Å². The van der Waals surface area contributed by atoms with Crippen LogP contribution in [0.2, 0.25) is 0 Å². The maximum Gasteiger partial charge on any atom is 0.0599 e. The van der Waals surface area contributed by atoms with Crippen molar-refractivity contribution >= 4 is 0 Å². The molecule has 7 heavy (non-hydrogen) atoms. The molecule has 5 nitrogen and oxygen atoms in total. The molecule has 0 spiro atoms. The van der Waals surface area contributed by atoms with Crippen LogP contribution in [0.1, 0.15) is 0 Å². The van der Waals surface area contributed by atoms with E-state index in [-0.39, 0.29) is 0 Å². The van der Waals surface area contributed by atoms with Gasteiger partial charge < -0.3 is 0 Å². The zero-order valence-corrected chi connectivity index (χ0v) is 4.21. The molecule has 0 aromatic carbocycles. The van der Waals surface area contributed by atoms with Crippen molar-refractivity contribution in [3.8, 4) is 0 Å². The maximum atomic E-state index is 8.15. The first kappa shape index (κ1) is 6.80. The summed E-state index contributed by atoms with van der Waals surface area (Å²) in [5.74, 6) is 0. The Balaban J connectivity index is 2.68. The van der Waals surface area contributed by atoms with E-state index in [4.69, 9.17) is 5.21 Å². The summed E-state index contributed by atoms with van der Waals surface area (Å²) in [6.45, 7) is 0. The van der Waals surface area contributed by atoms with Crippen LogP contribution in [0, 0.1) is 0 Å². The van der Waals surface area contributed by atoms with E-state index in [1.54, 1.807) is 0 Å². The zero-order valence-electron chi connectivity index (χ0n) is 4.21. The smallest absolute Gasteiger partial charge is 0.0599 e. The van der Waals surface area contributed by atoms with Crippen molar-refractivity contribution in [3.63, 3.8) is 0 Å². The van der Waals surface area contributed by atoms with E-state index in [1.807, 2.05) is 5.64 Å². The van der Waals surface area contributed by atoms with E-state index >= 15 is 0 Å². The van der Waals surface area contributed by atoms with Crippen LogP contribution < -0.4 is 5.64 Å². The molecule has 0 fully saturated rings. The molecule has 5 heteroatoms. The van der Waals surface area contributed by atoms with E-state index in [0.29, 0.717) is 5.23 Å². The van der Waals surface area contributed by atoms with Gasteiger partial charge >= 0.3 is 0 Å². The lowest BCUT2D eigenvalue weighted by atomic mass is 11.5. The van der Waals surface area contributed by atoms with E-state index in [2.05, 4.69) is 9.78 Å². The Labute approximate surface area is 41.3 Å². The second-order valence-corrected chi connectivity index (χ2v) is 0.843. The minimum absolute atomic E-state index is 0.476. The molecule has 0 unspecified atom stereocenters. The number of hydroxylamine groups is 2. The molecule has 2 N–H and O–H groups in total. The van der Waals surface area contributed by atoms with Crippen molar-refractivity contribution < 1.29 is 15.0 Å². The van der Waals surface area contributed by atoms with E-state index in [1.165, 1.54) is 14.2 Å². The van der Waals surface area contributed by atoms with Crippen molar-refractivity contribution in [1.82, 2.24) is 10.9 Å². The highest BCUT2D eigenvalue weighted by atomic mass is 17.1. The lowest BCUT2D eigenvalue weighted by Gasteiger charge is -2.04. The van der Waals surface area contributed by atoms with Crippen molar-refractivity contribution in [2.75, 3.05) is 14.2 Å². The second kappa shape index (κ2) is 3.97. The van der Waals surface area contributed by atoms with Gasteiger partial charge in [-0.15, -0.1) is 0 Å². The lowest BCUT2D eigenvalue weighted by Crippen LogP contribution is -2.24. The largest absolute Gasteiger partial charge is 0.288 e. The molecule has 0 saturated carbocycles. The maximum absolute atomic E-state index is 8.15. The average molecular weight is 108 g/mol. The summed E-state index contributed by atoms with van der Waals surface area (Å²) in [6.07, 6.45) is 0. The van der Waals surface area contributed by atoms with Crippen LogP contribution in [0.4, 0.5) is 0 Å². The molecule has 0 aliphatic carbocycles. The minimum atomic E-state index is 0.476. The Kier molecular flexibility index (Phi) is 3.86. The summed E-state index contributed by atoms with van der Waals surface area (Å²) < 4.78 is 0. The molecule has 0 radical (unpaired) electrons. The number of nitrogens with one attached hydrogen (secondary N) is 1. The quantitative estimate of drug-likeness (QED) is 0.468. The topological polar surface area (TPSA) is 54.0 Å². The third-order valence-electron chi connectivity index (χ3n) is 0.253. The third kappa shape index (κ3) is 5.80. The van der Waals surface area contributed by atoms with Crippen LogP contribution in [-0.2, 0) is 9.78 Å². The number of rotatable bonds is 3. The summed E-state index contributed by atoms with van der Waals surface area (Å²) in [5.41, 5.74) is 1.92. The average Bonchev–Trinajstić information content (AvgIpc) is 1.61. The summed E-state index contributed by atoms with van der Waals surface area (Å²) in [5, 5.41) is 8.63. The van der Waals surface area contributed by atoms with Gasteiger partial charge in [-0.05, 0) is 5.23 Å². The van der Waals surface area contributed by atoms with Gasteiger partial charge in [0.05, 0.1) is 7.11 Å². The molecule has 0 heterocycles. The van der Waals surface area contributed by atoms with Gasteiger partial charge in [-0.1, -0.05) is 5.64 Å². The molecule has 0 amide bonds. The van der Waals surface area contributed by atoms with Gasteiger partial charge in [0, 0.05) is 7.05 Å². The van der Waals surface area contributed by atoms with Crippen molar-refractivity contribution in [2.45, 2.75) is 0 Å². The molecule has 0 aromatic rings. The van der Waals surface area contributed by atoms with Crippen molar-refractivity contribution in [2.24, 2.45) is 0 Å². The summed E-state index contributed by atoms with van der Waals surface area (Å²) in [7, 11) is 2.66. The summed E-state index contributed by atoms with van der Waals surface area (Å²) in [6, 6.07) is 0. The third-order valence-corrected chi connectivity index (χ3v) is 0.253. The highest BCUT2D eigenvalue weighted by Gasteiger charge is 1.83. The van der Waals surface area contributed by atoms with Gasteiger partial charge in [0.15, 0.2) is 0 Å². The van der Waals surface area contributed by atoms with Crippen LogP contribution in [0.3, 0.4) is 0 Å². The van der Waals surface area contributed by atoms with Crippen molar-refractivity contribution in [1.29, 1.82) is 0 Å². The molecule has 44 valence electrons. The van der Waals surface area contributed by atoms with Crippen LogP contribution in [0.15, 0.2) is 0 Å². The molecule has 0 aromatic heterocycles. The summed E-state index contributed by atoms with van der Waals surface area (Å²) in [4.78, 5) is 8.29. The summed E-state index contributed by atoms with van der Waals surface area (Å²) >= 11 is 0. The monoisotopic (exact) mass is 108 g/mol. The Hall–Kier alpha value is -0.200.